The van der Waals surface area contributed by atoms with E-state index in [1.165, 1.54) is 6.08 Å². The third kappa shape index (κ3) is 4.36. The first kappa shape index (κ1) is 16.6. The van der Waals surface area contributed by atoms with Crippen molar-refractivity contribution in [1.29, 1.82) is 0 Å². The molecular formula is C17H14BrClO3. The fraction of sp³-hybridized carbons (Fsp3) is 0.118. The predicted octanol–water partition coefficient (Wildman–Crippen LogP) is 5.04. The second-order valence-corrected chi connectivity index (χ2v) is 5.90. The van der Waals surface area contributed by atoms with Crippen LogP contribution >= 0.6 is 27.5 Å². The number of esters is 1. The van der Waals surface area contributed by atoms with Crippen molar-refractivity contribution in [2.75, 3.05) is 7.11 Å². The van der Waals surface area contributed by atoms with Crippen LogP contribution in [0.5, 0.6) is 11.5 Å². The summed E-state index contributed by atoms with van der Waals surface area (Å²) in [6, 6.07) is 10.6. The Balaban J connectivity index is 2.13. The van der Waals surface area contributed by atoms with Crippen LogP contribution in [0, 0.1) is 6.92 Å². The van der Waals surface area contributed by atoms with Crippen LogP contribution < -0.4 is 9.47 Å². The van der Waals surface area contributed by atoms with Crippen LogP contribution in [0.1, 0.15) is 11.1 Å². The van der Waals surface area contributed by atoms with E-state index < -0.39 is 5.97 Å². The lowest BCUT2D eigenvalue weighted by molar-refractivity contribution is -0.128. The molecular weight excluding hydrogens is 368 g/mol. The second-order valence-electron chi connectivity index (χ2n) is 4.55. The minimum atomic E-state index is -0.465. The molecule has 3 nitrogen and oxygen atoms in total. The van der Waals surface area contributed by atoms with Gasteiger partial charge in [-0.15, -0.1) is 0 Å². The molecule has 0 saturated heterocycles. The highest BCUT2D eigenvalue weighted by atomic mass is 79.9. The Hall–Kier alpha value is -1.78. The molecule has 0 aliphatic heterocycles. The van der Waals surface area contributed by atoms with Gasteiger partial charge in [-0.3, -0.25) is 0 Å². The SMILES string of the molecule is COc1ccc(Br)cc1/C=C/C(=O)Oc1ccc(Cl)cc1C. The minimum Gasteiger partial charge on any atom is -0.496 e. The van der Waals surface area contributed by atoms with Gasteiger partial charge in [0.05, 0.1) is 7.11 Å². The summed E-state index contributed by atoms with van der Waals surface area (Å²) in [5.41, 5.74) is 1.58. The maximum Gasteiger partial charge on any atom is 0.336 e. The minimum absolute atomic E-state index is 0.465. The number of hydrogen-bond acceptors (Lipinski definition) is 3. The molecule has 2 aromatic carbocycles. The van der Waals surface area contributed by atoms with Gasteiger partial charge < -0.3 is 9.47 Å². The summed E-state index contributed by atoms with van der Waals surface area (Å²) in [7, 11) is 1.58. The number of aryl methyl sites for hydroxylation is 1. The maximum atomic E-state index is 11.9. The molecule has 0 spiro atoms. The summed E-state index contributed by atoms with van der Waals surface area (Å²) in [5, 5.41) is 0.603. The van der Waals surface area contributed by atoms with Gasteiger partial charge in [0.2, 0.25) is 0 Å². The topological polar surface area (TPSA) is 35.5 Å². The Morgan fingerprint density at radius 3 is 2.59 bits per heavy atom. The Bertz CT molecular complexity index is 726. The molecule has 114 valence electrons. The van der Waals surface area contributed by atoms with Gasteiger partial charge in [0.1, 0.15) is 11.5 Å². The van der Waals surface area contributed by atoms with Crippen molar-refractivity contribution >= 4 is 39.6 Å². The molecule has 0 N–H and O–H groups in total. The summed E-state index contributed by atoms with van der Waals surface area (Å²) >= 11 is 9.25. The lowest BCUT2D eigenvalue weighted by Crippen LogP contribution is -2.04. The summed E-state index contributed by atoms with van der Waals surface area (Å²) in [4.78, 5) is 11.9. The van der Waals surface area contributed by atoms with E-state index in [2.05, 4.69) is 15.9 Å². The lowest BCUT2D eigenvalue weighted by atomic mass is 10.2. The maximum absolute atomic E-state index is 11.9. The third-order valence-corrected chi connectivity index (χ3v) is 3.67. The smallest absolute Gasteiger partial charge is 0.336 e. The van der Waals surface area contributed by atoms with Crippen LogP contribution in [-0.4, -0.2) is 13.1 Å². The van der Waals surface area contributed by atoms with Gasteiger partial charge in [-0.05, 0) is 55.0 Å². The first-order chi connectivity index (χ1) is 10.5. The van der Waals surface area contributed by atoms with Crippen molar-refractivity contribution in [3.05, 3.63) is 63.1 Å². The van der Waals surface area contributed by atoms with Crippen LogP contribution in [0.4, 0.5) is 0 Å². The number of ether oxygens (including phenoxy) is 2. The number of benzene rings is 2. The Labute approximate surface area is 142 Å². The third-order valence-electron chi connectivity index (χ3n) is 2.94. The van der Waals surface area contributed by atoms with Gasteiger partial charge in [0.15, 0.2) is 0 Å². The van der Waals surface area contributed by atoms with Crippen molar-refractivity contribution in [3.8, 4) is 11.5 Å². The van der Waals surface area contributed by atoms with Crippen molar-refractivity contribution < 1.29 is 14.3 Å². The largest absolute Gasteiger partial charge is 0.496 e. The van der Waals surface area contributed by atoms with E-state index in [-0.39, 0.29) is 0 Å². The molecule has 0 aromatic heterocycles. The summed E-state index contributed by atoms with van der Waals surface area (Å²) in [5.74, 6) is 0.697. The molecule has 22 heavy (non-hydrogen) atoms. The van der Waals surface area contributed by atoms with Gasteiger partial charge in [-0.25, -0.2) is 4.79 Å². The zero-order valence-corrected chi connectivity index (χ0v) is 14.4. The molecule has 0 bridgehead atoms. The standard InChI is InChI=1S/C17H14BrClO3/c1-11-9-14(19)5-7-15(11)22-17(20)8-3-12-10-13(18)4-6-16(12)21-2/h3-10H,1-2H3/b8-3+. The Morgan fingerprint density at radius 2 is 1.91 bits per heavy atom. The zero-order valence-electron chi connectivity index (χ0n) is 12.1. The fourth-order valence-electron chi connectivity index (χ4n) is 1.86. The molecule has 0 amide bonds. The molecule has 0 heterocycles. The van der Waals surface area contributed by atoms with Gasteiger partial charge in [0, 0.05) is 21.1 Å². The van der Waals surface area contributed by atoms with Gasteiger partial charge >= 0.3 is 5.97 Å². The highest BCUT2D eigenvalue weighted by Gasteiger charge is 2.06. The molecule has 0 atom stereocenters. The second kappa shape index (κ2) is 7.47. The summed E-state index contributed by atoms with van der Waals surface area (Å²) in [6.07, 6.45) is 3.01. The predicted molar refractivity (Wildman–Crippen MR) is 91.6 cm³/mol. The zero-order chi connectivity index (χ0) is 16.1. The van der Waals surface area contributed by atoms with Gasteiger partial charge in [-0.1, -0.05) is 27.5 Å². The summed E-state index contributed by atoms with van der Waals surface area (Å²) < 4.78 is 11.4. The first-order valence-electron chi connectivity index (χ1n) is 6.49. The molecule has 0 aliphatic rings. The van der Waals surface area contributed by atoms with Crippen molar-refractivity contribution in [3.63, 3.8) is 0 Å². The number of carbonyl (C=O) groups excluding carboxylic acids is 1. The normalized spacial score (nSPS) is 10.7. The van der Waals surface area contributed by atoms with E-state index in [9.17, 15) is 4.79 Å². The molecule has 0 fully saturated rings. The number of halogens is 2. The van der Waals surface area contributed by atoms with Crippen LogP contribution in [0.15, 0.2) is 46.9 Å². The molecule has 0 aliphatic carbocycles. The van der Waals surface area contributed by atoms with Crippen LogP contribution in [0.25, 0.3) is 6.08 Å². The Kier molecular flexibility index (Phi) is 5.63. The van der Waals surface area contributed by atoms with Crippen molar-refractivity contribution in [2.45, 2.75) is 6.92 Å². The fourth-order valence-corrected chi connectivity index (χ4v) is 2.47. The average molecular weight is 382 g/mol. The van der Waals surface area contributed by atoms with E-state index in [0.717, 1.165) is 15.6 Å². The van der Waals surface area contributed by atoms with Crippen LogP contribution in [0.3, 0.4) is 0 Å². The molecule has 2 aromatic rings. The van der Waals surface area contributed by atoms with E-state index in [1.54, 1.807) is 31.4 Å². The molecule has 0 radical (unpaired) electrons. The number of hydrogen-bond donors (Lipinski definition) is 0. The highest BCUT2D eigenvalue weighted by molar-refractivity contribution is 9.10. The Morgan fingerprint density at radius 1 is 1.18 bits per heavy atom. The van der Waals surface area contributed by atoms with Gasteiger partial charge in [-0.2, -0.15) is 0 Å². The molecule has 5 heteroatoms. The van der Waals surface area contributed by atoms with E-state index >= 15 is 0 Å². The average Bonchev–Trinajstić information content (AvgIpc) is 2.48. The van der Waals surface area contributed by atoms with E-state index in [1.807, 2.05) is 25.1 Å². The van der Waals surface area contributed by atoms with Gasteiger partial charge in [0.25, 0.3) is 0 Å². The number of carbonyl (C=O) groups is 1. The van der Waals surface area contributed by atoms with Crippen LogP contribution in [0.2, 0.25) is 5.02 Å². The summed E-state index contributed by atoms with van der Waals surface area (Å²) in [6.45, 7) is 1.83. The molecule has 2 rings (SSSR count). The monoisotopic (exact) mass is 380 g/mol. The first-order valence-corrected chi connectivity index (χ1v) is 7.66. The molecule has 0 saturated carbocycles. The van der Waals surface area contributed by atoms with Crippen molar-refractivity contribution in [2.24, 2.45) is 0 Å². The van der Waals surface area contributed by atoms with E-state index in [4.69, 9.17) is 21.1 Å². The number of methoxy groups -OCH3 is 1. The quantitative estimate of drug-likeness (QED) is 0.423. The van der Waals surface area contributed by atoms with E-state index in [0.29, 0.717) is 16.5 Å². The highest BCUT2D eigenvalue weighted by Crippen LogP contribution is 2.25. The lowest BCUT2D eigenvalue weighted by Gasteiger charge is -2.06. The number of rotatable bonds is 4. The van der Waals surface area contributed by atoms with Crippen LogP contribution in [-0.2, 0) is 4.79 Å². The van der Waals surface area contributed by atoms with Crippen molar-refractivity contribution in [1.82, 2.24) is 0 Å². The molecule has 0 unspecified atom stereocenters.